The van der Waals surface area contributed by atoms with E-state index in [0.29, 0.717) is 11.1 Å². The van der Waals surface area contributed by atoms with Crippen LogP contribution in [0.2, 0.25) is 0 Å². The Labute approximate surface area is 97.9 Å². The predicted molar refractivity (Wildman–Crippen MR) is 63.0 cm³/mol. The number of carbonyl (C=O) groups excluding carboxylic acids is 2. The third-order valence-electron chi connectivity index (χ3n) is 2.62. The smallest absolute Gasteiger partial charge is 0.258 e. The molecule has 0 aromatic heterocycles. The van der Waals surface area contributed by atoms with E-state index in [1.165, 1.54) is 0 Å². The van der Waals surface area contributed by atoms with Gasteiger partial charge < -0.3 is 0 Å². The van der Waals surface area contributed by atoms with E-state index >= 15 is 0 Å². The maximum absolute atomic E-state index is 11.6. The van der Waals surface area contributed by atoms with E-state index in [4.69, 9.17) is 0 Å². The van der Waals surface area contributed by atoms with Crippen LogP contribution >= 0.6 is 12.4 Å². The molecule has 3 rings (SSSR count). The molecular weight excluding hydrogens is 226 g/mol. The van der Waals surface area contributed by atoms with Gasteiger partial charge in [0.1, 0.15) is 0 Å². The molecule has 1 aliphatic rings. The summed E-state index contributed by atoms with van der Waals surface area (Å²) in [6.07, 6.45) is 0. The maximum Gasteiger partial charge on any atom is 0.258 e. The van der Waals surface area contributed by atoms with Gasteiger partial charge in [0.25, 0.3) is 11.8 Å². The van der Waals surface area contributed by atoms with E-state index in [2.05, 4.69) is 5.32 Å². The summed E-state index contributed by atoms with van der Waals surface area (Å²) in [6, 6.07) is 10.9. The second kappa shape index (κ2) is 3.61. The Morgan fingerprint density at radius 3 is 1.81 bits per heavy atom. The van der Waals surface area contributed by atoms with Crippen LogP contribution < -0.4 is 5.32 Å². The largest absolute Gasteiger partial charge is 0.288 e. The minimum absolute atomic E-state index is 0. The van der Waals surface area contributed by atoms with Crippen molar-refractivity contribution < 1.29 is 9.59 Å². The number of carbonyl (C=O) groups is 2. The molecule has 1 heterocycles. The second-order valence-electron chi connectivity index (χ2n) is 3.49. The number of rotatable bonds is 0. The number of amides is 2. The molecule has 1 aliphatic heterocycles. The van der Waals surface area contributed by atoms with E-state index in [-0.39, 0.29) is 24.2 Å². The molecule has 0 radical (unpaired) electrons. The quantitative estimate of drug-likeness (QED) is 0.709. The van der Waals surface area contributed by atoms with E-state index < -0.39 is 0 Å². The van der Waals surface area contributed by atoms with E-state index in [9.17, 15) is 9.59 Å². The predicted octanol–water partition coefficient (Wildman–Crippen LogP) is 2.15. The normalized spacial score (nSPS) is 13.2. The highest BCUT2D eigenvalue weighted by Crippen LogP contribution is 2.25. The number of nitrogens with one attached hydrogen (secondary N) is 1. The summed E-state index contributed by atoms with van der Waals surface area (Å²) in [5, 5.41) is 4.00. The molecule has 0 saturated heterocycles. The Morgan fingerprint density at radius 2 is 1.31 bits per heavy atom. The summed E-state index contributed by atoms with van der Waals surface area (Å²) in [5.74, 6) is -0.631. The van der Waals surface area contributed by atoms with E-state index in [1.807, 2.05) is 24.3 Å². The first-order valence-electron chi connectivity index (χ1n) is 4.65. The zero-order chi connectivity index (χ0) is 10.4. The molecule has 0 saturated carbocycles. The summed E-state index contributed by atoms with van der Waals surface area (Å²) >= 11 is 0. The summed E-state index contributed by atoms with van der Waals surface area (Å²) in [7, 11) is 0. The van der Waals surface area contributed by atoms with Crippen LogP contribution in [-0.4, -0.2) is 11.8 Å². The molecule has 0 fully saturated rings. The maximum atomic E-state index is 11.6. The van der Waals surface area contributed by atoms with Crippen LogP contribution in [0.4, 0.5) is 0 Å². The molecule has 4 heteroatoms. The molecule has 16 heavy (non-hydrogen) atoms. The van der Waals surface area contributed by atoms with E-state index in [1.54, 1.807) is 12.1 Å². The molecule has 0 atom stereocenters. The molecule has 2 amide bonds. The van der Waals surface area contributed by atoms with Crippen molar-refractivity contribution in [1.29, 1.82) is 0 Å². The third-order valence-corrected chi connectivity index (χ3v) is 2.62. The van der Waals surface area contributed by atoms with Gasteiger partial charge in [0.05, 0.1) is 0 Å². The standard InChI is InChI=1S/C12H7NO2.ClH/c14-11-8-5-1-3-7-4-2-6-9(10(7)8)12(15)13-11;/h1-6H,(H,13,14,15);1H. The SMILES string of the molecule is Cl.O=C1NC(=O)c2cccc3cccc1c23. The molecule has 80 valence electrons. The summed E-state index contributed by atoms with van der Waals surface area (Å²) < 4.78 is 0. The van der Waals surface area contributed by atoms with Gasteiger partial charge in [-0.3, -0.25) is 14.9 Å². The lowest BCUT2D eigenvalue weighted by molar-refractivity contribution is 0.0845. The van der Waals surface area contributed by atoms with Gasteiger partial charge in [0.15, 0.2) is 0 Å². The minimum atomic E-state index is -0.315. The molecular formula is C12H8ClNO2. The molecule has 1 N–H and O–H groups in total. The average Bonchev–Trinajstić information content (AvgIpc) is 2.25. The van der Waals surface area contributed by atoms with Crippen LogP contribution in [0.25, 0.3) is 10.8 Å². The lowest BCUT2D eigenvalue weighted by Gasteiger charge is -2.15. The fraction of sp³-hybridized carbons (Fsp3) is 0. The van der Waals surface area contributed by atoms with Crippen molar-refractivity contribution in [3.05, 3.63) is 47.5 Å². The van der Waals surface area contributed by atoms with Crippen molar-refractivity contribution in [1.82, 2.24) is 5.32 Å². The Kier molecular flexibility index (Phi) is 2.40. The van der Waals surface area contributed by atoms with Gasteiger partial charge in [0, 0.05) is 16.5 Å². The van der Waals surface area contributed by atoms with Gasteiger partial charge in [-0.15, -0.1) is 12.4 Å². The van der Waals surface area contributed by atoms with Crippen molar-refractivity contribution in [3.63, 3.8) is 0 Å². The highest BCUT2D eigenvalue weighted by Gasteiger charge is 2.23. The van der Waals surface area contributed by atoms with Gasteiger partial charge in [-0.05, 0) is 17.5 Å². The molecule has 0 bridgehead atoms. The van der Waals surface area contributed by atoms with Crippen molar-refractivity contribution in [2.24, 2.45) is 0 Å². The van der Waals surface area contributed by atoms with Crippen LogP contribution in [0.15, 0.2) is 36.4 Å². The van der Waals surface area contributed by atoms with Crippen molar-refractivity contribution >= 4 is 35.0 Å². The van der Waals surface area contributed by atoms with Crippen LogP contribution in [0.5, 0.6) is 0 Å². The number of benzene rings is 2. The van der Waals surface area contributed by atoms with Gasteiger partial charge in [0.2, 0.25) is 0 Å². The van der Waals surface area contributed by atoms with E-state index in [0.717, 1.165) is 10.8 Å². The topological polar surface area (TPSA) is 46.2 Å². The molecule has 2 aromatic rings. The third kappa shape index (κ3) is 1.29. The van der Waals surface area contributed by atoms with Crippen LogP contribution in [0.1, 0.15) is 20.7 Å². The van der Waals surface area contributed by atoms with Gasteiger partial charge in [-0.1, -0.05) is 24.3 Å². The molecule has 0 aliphatic carbocycles. The second-order valence-corrected chi connectivity index (χ2v) is 3.49. The van der Waals surface area contributed by atoms with Crippen molar-refractivity contribution in [3.8, 4) is 0 Å². The first-order chi connectivity index (χ1) is 7.27. The Bertz CT molecular complexity index is 558. The first-order valence-corrected chi connectivity index (χ1v) is 4.65. The molecule has 0 spiro atoms. The number of imide groups is 1. The lowest BCUT2D eigenvalue weighted by atomic mass is 9.95. The monoisotopic (exact) mass is 233 g/mol. The fourth-order valence-electron chi connectivity index (χ4n) is 1.96. The Hall–Kier alpha value is -1.87. The molecule has 2 aromatic carbocycles. The summed E-state index contributed by atoms with van der Waals surface area (Å²) in [5.41, 5.74) is 1.14. The Balaban J connectivity index is 0.000000963. The number of hydrogen-bond acceptors (Lipinski definition) is 2. The molecule has 3 nitrogen and oxygen atoms in total. The lowest BCUT2D eigenvalue weighted by Crippen LogP contribution is -2.34. The highest BCUT2D eigenvalue weighted by atomic mass is 35.5. The van der Waals surface area contributed by atoms with Gasteiger partial charge in [-0.2, -0.15) is 0 Å². The Morgan fingerprint density at radius 1 is 0.812 bits per heavy atom. The van der Waals surface area contributed by atoms with Crippen LogP contribution in [0, 0.1) is 0 Å². The summed E-state index contributed by atoms with van der Waals surface area (Å²) in [4.78, 5) is 23.1. The highest BCUT2D eigenvalue weighted by molar-refractivity contribution is 6.25. The first kappa shape index (κ1) is 10.6. The van der Waals surface area contributed by atoms with Crippen molar-refractivity contribution in [2.45, 2.75) is 0 Å². The zero-order valence-electron chi connectivity index (χ0n) is 8.19. The fourth-order valence-corrected chi connectivity index (χ4v) is 1.96. The molecule has 0 unspecified atom stereocenters. The number of hydrogen-bond donors (Lipinski definition) is 1. The van der Waals surface area contributed by atoms with Gasteiger partial charge >= 0.3 is 0 Å². The number of halogens is 1. The van der Waals surface area contributed by atoms with Crippen molar-refractivity contribution in [2.75, 3.05) is 0 Å². The zero-order valence-corrected chi connectivity index (χ0v) is 9.01. The van der Waals surface area contributed by atoms with Crippen LogP contribution in [0.3, 0.4) is 0 Å². The van der Waals surface area contributed by atoms with Gasteiger partial charge in [-0.25, -0.2) is 0 Å². The minimum Gasteiger partial charge on any atom is -0.288 e. The summed E-state index contributed by atoms with van der Waals surface area (Å²) in [6.45, 7) is 0. The average molecular weight is 234 g/mol. The van der Waals surface area contributed by atoms with Crippen LogP contribution in [-0.2, 0) is 0 Å².